The third kappa shape index (κ3) is 2.20. The minimum absolute atomic E-state index is 0.133. The number of carbonyl (C=O) groups excluding carboxylic acids is 1. The maximum atomic E-state index is 11.8. The molecule has 6 heteroatoms. The summed E-state index contributed by atoms with van der Waals surface area (Å²) in [7, 11) is 1.74. The number of aromatic nitrogens is 2. The number of amides is 1. The van der Waals surface area contributed by atoms with Crippen molar-refractivity contribution in [1.82, 2.24) is 9.78 Å². The summed E-state index contributed by atoms with van der Waals surface area (Å²) in [6.07, 6.45) is 3.17. The van der Waals surface area contributed by atoms with Crippen LogP contribution in [0.2, 0.25) is 0 Å². The van der Waals surface area contributed by atoms with Crippen molar-refractivity contribution in [3.63, 3.8) is 0 Å². The summed E-state index contributed by atoms with van der Waals surface area (Å²) in [6.45, 7) is 0. The molecule has 1 aromatic carbocycles. The number of nitrogen functional groups attached to an aromatic ring is 1. The number of phenols is 1. The predicted molar refractivity (Wildman–Crippen MR) is 63.7 cm³/mol. The number of nitrogens with zero attached hydrogens (tertiary/aromatic N) is 2. The minimum Gasteiger partial charge on any atom is -0.505 e. The highest BCUT2D eigenvalue weighted by Gasteiger charge is 2.13. The van der Waals surface area contributed by atoms with Crippen molar-refractivity contribution in [2.24, 2.45) is 7.05 Å². The standard InChI is InChI=1S/C11H12N4O2/c1-15-6-7(5-13-15)14-11(17)8-3-2-4-9(12)10(8)16/h2-6,16H,12H2,1H3,(H,14,17). The van der Waals surface area contributed by atoms with E-state index >= 15 is 0 Å². The van der Waals surface area contributed by atoms with Crippen LogP contribution in [-0.4, -0.2) is 20.8 Å². The number of aromatic hydroxyl groups is 1. The second-order valence-corrected chi connectivity index (χ2v) is 3.60. The Morgan fingerprint density at radius 2 is 2.29 bits per heavy atom. The van der Waals surface area contributed by atoms with Gasteiger partial charge >= 0.3 is 0 Å². The number of rotatable bonds is 2. The summed E-state index contributed by atoms with van der Waals surface area (Å²) in [5.41, 5.74) is 6.37. The molecular formula is C11H12N4O2. The fraction of sp³-hybridized carbons (Fsp3) is 0.0909. The average molecular weight is 232 g/mol. The molecule has 88 valence electrons. The van der Waals surface area contributed by atoms with Crippen LogP contribution in [0, 0.1) is 0 Å². The van der Waals surface area contributed by atoms with E-state index in [-0.39, 0.29) is 17.0 Å². The maximum absolute atomic E-state index is 11.8. The smallest absolute Gasteiger partial charge is 0.259 e. The first-order valence-electron chi connectivity index (χ1n) is 4.95. The van der Waals surface area contributed by atoms with Crippen molar-refractivity contribution in [2.45, 2.75) is 0 Å². The molecule has 0 saturated heterocycles. The highest BCUT2D eigenvalue weighted by molar-refractivity contribution is 6.06. The molecule has 1 aromatic heterocycles. The summed E-state index contributed by atoms with van der Waals surface area (Å²) < 4.78 is 1.56. The lowest BCUT2D eigenvalue weighted by molar-refractivity contribution is 0.102. The van der Waals surface area contributed by atoms with Crippen LogP contribution in [0.3, 0.4) is 0 Å². The van der Waals surface area contributed by atoms with Gasteiger partial charge in [0, 0.05) is 13.2 Å². The Morgan fingerprint density at radius 1 is 1.53 bits per heavy atom. The van der Waals surface area contributed by atoms with Crippen LogP contribution in [0.15, 0.2) is 30.6 Å². The highest BCUT2D eigenvalue weighted by atomic mass is 16.3. The number of anilines is 2. The Labute approximate surface area is 97.7 Å². The monoisotopic (exact) mass is 232 g/mol. The highest BCUT2D eigenvalue weighted by Crippen LogP contribution is 2.25. The van der Waals surface area contributed by atoms with Crippen LogP contribution < -0.4 is 11.1 Å². The van der Waals surface area contributed by atoms with Gasteiger partial charge in [0.15, 0.2) is 5.75 Å². The number of hydrogen-bond acceptors (Lipinski definition) is 4. The fourth-order valence-electron chi connectivity index (χ4n) is 1.43. The molecule has 0 bridgehead atoms. The number of phenolic OH excluding ortho intramolecular Hbond substituents is 1. The first-order chi connectivity index (χ1) is 8.08. The number of carbonyl (C=O) groups is 1. The Balaban J connectivity index is 2.23. The minimum atomic E-state index is -0.428. The molecular weight excluding hydrogens is 220 g/mol. The molecule has 0 aliphatic rings. The molecule has 6 nitrogen and oxygen atoms in total. The lowest BCUT2D eigenvalue weighted by atomic mass is 10.1. The van der Waals surface area contributed by atoms with E-state index < -0.39 is 5.91 Å². The van der Waals surface area contributed by atoms with Gasteiger partial charge in [0.2, 0.25) is 0 Å². The van der Waals surface area contributed by atoms with Crippen LogP contribution in [0.5, 0.6) is 5.75 Å². The number of nitrogens with two attached hydrogens (primary N) is 1. The molecule has 0 unspecified atom stereocenters. The van der Waals surface area contributed by atoms with E-state index in [2.05, 4.69) is 10.4 Å². The number of benzene rings is 1. The zero-order valence-electron chi connectivity index (χ0n) is 9.21. The Hall–Kier alpha value is -2.50. The van der Waals surface area contributed by atoms with Crippen LogP contribution >= 0.6 is 0 Å². The van der Waals surface area contributed by atoms with Gasteiger partial charge in [0.05, 0.1) is 23.1 Å². The molecule has 1 heterocycles. The second kappa shape index (κ2) is 4.17. The molecule has 4 N–H and O–H groups in total. The third-order valence-corrected chi connectivity index (χ3v) is 2.27. The van der Waals surface area contributed by atoms with E-state index in [1.165, 1.54) is 18.3 Å². The second-order valence-electron chi connectivity index (χ2n) is 3.60. The van der Waals surface area contributed by atoms with E-state index in [1.54, 1.807) is 24.0 Å². The zero-order valence-corrected chi connectivity index (χ0v) is 9.21. The van der Waals surface area contributed by atoms with Crippen molar-refractivity contribution in [2.75, 3.05) is 11.1 Å². The quantitative estimate of drug-likeness (QED) is 0.531. The first-order valence-corrected chi connectivity index (χ1v) is 4.95. The van der Waals surface area contributed by atoms with Gasteiger partial charge in [0.25, 0.3) is 5.91 Å². The van der Waals surface area contributed by atoms with Gasteiger partial charge in [-0.2, -0.15) is 5.10 Å². The first kappa shape index (κ1) is 11.0. The van der Waals surface area contributed by atoms with E-state index in [9.17, 15) is 9.90 Å². The molecule has 0 aliphatic heterocycles. The predicted octanol–water partition coefficient (Wildman–Crippen LogP) is 0.960. The zero-order chi connectivity index (χ0) is 12.4. The summed E-state index contributed by atoms with van der Waals surface area (Å²) in [6, 6.07) is 4.63. The lowest BCUT2D eigenvalue weighted by Gasteiger charge is -2.06. The number of nitrogens with one attached hydrogen (secondary N) is 1. The molecule has 0 saturated carbocycles. The van der Waals surface area contributed by atoms with Crippen LogP contribution in [0.4, 0.5) is 11.4 Å². The molecule has 17 heavy (non-hydrogen) atoms. The fourth-order valence-corrected chi connectivity index (χ4v) is 1.43. The summed E-state index contributed by atoms with van der Waals surface area (Å²) in [5, 5.41) is 16.2. The molecule has 2 rings (SSSR count). The van der Waals surface area contributed by atoms with Gasteiger partial charge in [-0.05, 0) is 12.1 Å². The molecule has 1 amide bonds. The molecule has 0 aliphatic carbocycles. The van der Waals surface area contributed by atoms with E-state index in [4.69, 9.17) is 5.73 Å². The lowest BCUT2D eigenvalue weighted by Crippen LogP contribution is -2.12. The van der Waals surface area contributed by atoms with Gasteiger partial charge in [-0.3, -0.25) is 9.48 Å². The van der Waals surface area contributed by atoms with Gasteiger partial charge in [-0.25, -0.2) is 0 Å². The van der Waals surface area contributed by atoms with E-state index in [0.29, 0.717) is 5.69 Å². The van der Waals surface area contributed by atoms with Crippen molar-refractivity contribution < 1.29 is 9.90 Å². The average Bonchev–Trinajstić information content (AvgIpc) is 2.68. The van der Waals surface area contributed by atoms with Gasteiger partial charge in [-0.15, -0.1) is 0 Å². The topological polar surface area (TPSA) is 93.2 Å². The van der Waals surface area contributed by atoms with Crippen LogP contribution in [-0.2, 0) is 7.05 Å². The number of aryl methyl sites for hydroxylation is 1. The maximum Gasteiger partial charge on any atom is 0.259 e. The molecule has 0 atom stereocenters. The SMILES string of the molecule is Cn1cc(NC(=O)c2cccc(N)c2O)cn1. The Bertz CT molecular complexity index is 562. The van der Waals surface area contributed by atoms with Crippen molar-refractivity contribution >= 4 is 17.3 Å². The van der Waals surface area contributed by atoms with Crippen molar-refractivity contribution in [1.29, 1.82) is 0 Å². The molecule has 0 spiro atoms. The van der Waals surface area contributed by atoms with Gasteiger partial charge in [0.1, 0.15) is 0 Å². The normalized spacial score (nSPS) is 10.2. The largest absolute Gasteiger partial charge is 0.505 e. The Kier molecular flexibility index (Phi) is 2.70. The number of para-hydroxylation sites is 1. The summed E-state index contributed by atoms with van der Waals surface area (Å²) >= 11 is 0. The van der Waals surface area contributed by atoms with Gasteiger partial charge in [-0.1, -0.05) is 6.07 Å². The van der Waals surface area contributed by atoms with E-state index in [1.807, 2.05) is 0 Å². The summed E-state index contributed by atoms with van der Waals surface area (Å²) in [5.74, 6) is -0.642. The molecule has 0 radical (unpaired) electrons. The third-order valence-electron chi connectivity index (χ3n) is 2.27. The number of hydrogen-bond donors (Lipinski definition) is 3. The van der Waals surface area contributed by atoms with Crippen LogP contribution in [0.25, 0.3) is 0 Å². The van der Waals surface area contributed by atoms with Crippen molar-refractivity contribution in [3.05, 3.63) is 36.2 Å². The summed E-state index contributed by atoms with van der Waals surface area (Å²) in [4.78, 5) is 11.8. The van der Waals surface area contributed by atoms with Crippen LogP contribution in [0.1, 0.15) is 10.4 Å². The van der Waals surface area contributed by atoms with Gasteiger partial charge < -0.3 is 16.2 Å². The molecule has 0 fully saturated rings. The molecule has 2 aromatic rings. The van der Waals surface area contributed by atoms with Crippen molar-refractivity contribution in [3.8, 4) is 5.75 Å². The Morgan fingerprint density at radius 3 is 2.94 bits per heavy atom. The van der Waals surface area contributed by atoms with E-state index in [0.717, 1.165) is 0 Å².